The summed E-state index contributed by atoms with van der Waals surface area (Å²) in [4.78, 5) is 12.3. The molecule has 0 amide bonds. The molecule has 9 heteroatoms. The molecule has 234 valence electrons. The van der Waals surface area contributed by atoms with E-state index < -0.39 is 11.7 Å². The van der Waals surface area contributed by atoms with Gasteiger partial charge in [-0.1, -0.05) is 60.3 Å². The molecule has 3 aromatic rings. The van der Waals surface area contributed by atoms with Crippen molar-refractivity contribution < 1.29 is 13.2 Å². The van der Waals surface area contributed by atoms with Crippen molar-refractivity contribution in [3.63, 3.8) is 0 Å². The fourth-order valence-corrected chi connectivity index (χ4v) is 7.91. The summed E-state index contributed by atoms with van der Waals surface area (Å²) in [6.07, 6.45) is 5.58. The SMILES string of the molecule is CC(CN1c2ccccc2SC2C=CC=CC21)N(C)C.CN(C)CCCN1c2ccccc2Sc2ccc(C(F)(F)F)cc21. The number of hydrogen-bond donors (Lipinski definition) is 0. The third-order valence-electron chi connectivity index (χ3n) is 8.14. The minimum atomic E-state index is -4.33. The topological polar surface area (TPSA) is 13.0 Å². The van der Waals surface area contributed by atoms with Crippen LogP contribution in [0.15, 0.2) is 106 Å². The molecular weight excluding hydrogens is 598 g/mol. The predicted molar refractivity (Wildman–Crippen MR) is 181 cm³/mol. The maximum absolute atomic E-state index is 13.1. The summed E-state index contributed by atoms with van der Waals surface area (Å²) in [6.45, 7) is 4.93. The van der Waals surface area contributed by atoms with E-state index in [1.807, 2.05) is 55.0 Å². The Balaban J connectivity index is 0.000000177. The highest BCUT2D eigenvalue weighted by Crippen LogP contribution is 2.49. The number of allylic oxidation sites excluding steroid dienone is 2. The van der Waals surface area contributed by atoms with Crippen molar-refractivity contribution in [1.29, 1.82) is 0 Å². The summed E-state index contributed by atoms with van der Waals surface area (Å²) in [5.41, 5.74) is 2.41. The number of fused-ring (bicyclic) bond motifs is 4. The van der Waals surface area contributed by atoms with Gasteiger partial charge in [0.15, 0.2) is 0 Å². The van der Waals surface area contributed by atoms with Gasteiger partial charge in [0.05, 0.1) is 33.9 Å². The van der Waals surface area contributed by atoms with Gasteiger partial charge >= 0.3 is 6.18 Å². The fourth-order valence-electron chi connectivity index (χ4n) is 5.53. The first-order chi connectivity index (χ1) is 21.0. The van der Waals surface area contributed by atoms with Crippen LogP contribution in [0.5, 0.6) is 0 Å². The lowest BCUT2D eigenvalue weighted by atomic mass is 10.0. The zero-order chi connectivity index (χ0) is 31.4. The molecule has 1 aliphatic carbocycles. The molecule has 3 unspecified atom stereocenters. The van der Waals surface area contributed by atoms with E-state index in [2.05, 4.69) is 84.3 Å². The van der Waals surface area contributed by atoms with Gasteiger partial charge in [-0.15, -0.1) is 11.8 Å². The molecule has 0 spiro atoms. The van der Waals surface area contributed by atoms with E-state index in [-0.39, 0.29) is 0 Å². The molecule has 0 fully saturated rings. The van der Waals surface area contributed by atoms with Gasteiger partial charge in [0.25, 0.3) is 0 Å². The molecule has 3 aliphatic rings. The standard InChI is InChI=1S/C18H19F3N2S.C17H22N2S/c1-22(2)10-5-11-23-14-6-3-4-7-16(14)24-17-9-8-13(12-15(17)23)18(19,20)21;1-13(18(2)3)12-19-14-8-4-6-10-16(14)20-17-11-7-5-9-15(17)19/h3-4,6-9,12H,5,10-11H2,1-2H3;4-11,13-14,16H,12H2,1-3H3. The van der Waals surface area contributed by atoms with Gasteiger partial charge in [-0.3, -0.25) is 0 Å². The van der Waals surface area contributed by atoms with E-state index in [4.69, 9.17) is 0 Å². The number of para-hydroxylation sites is 2. The molecule has 4 nitrogen and oxygen atoms in total. The Kier molecular flexibility index (Phi) is 10.4. The molecule has 0 aromatic heterocycles. The maximum Gasteiger partial charge on any atom is 0.416 e. The smallest absolute Gasteiger partial charge is 0.361 e. The van der Waals surface area contributed by atoms with Crippen LogP contribution in [-0.2, 0) is 6.18 Å². The van der Waals surface area contributed by atoms with Crippen molar-refractivity contribution in [2.24, 2.45) is 0 Å². The summed E-state index contributed by atoms with van der Waals surface area (Å²) in [6, 6.07) is 21.7. The number of benzene rings is 3. The third kappa shape index (κ3) is 7.50. The van der Waals surface area contributed by atoms with Crippen molar-refractivity contribution in [2.75, 3.05) is 57.6 Å². The summed E-state index contributed by atoms with van der Waals surface area (Å²) in [5, 5.41) is 0.532. The van der Waals surface area contributed by atoms with E-state index in [0.29, 0.717) is 29.6 Å². The molecular formula is C35H41F3N4S2. The van der Waals surface area contributed by atoms with Crippen molar-refractivity contribution in [3.8, 4) is 0 Å². The Morgan fingerprint density at radius 3 is 2.18 bits per heavy atom. The van der Waals surface area contributed by atoms with Gasteiger partial charge in [0.1, 0.15) is 0 Å². The number of likely N-dealkylation sites (N-methyl/N-ethyl adjacent to an activating group) is 1. The van der Waals surface area contributed by atoms with E-state index >= 15 is 0 Å². The number of alkyl halides is 3. The molecule has 0 saturated heterocycles. The van der Waals surface area contributed by atoms with Gasteiger partial charge < -0.3 is 19.6 Å². The molecule has 6 rings (SSSR count). The number of nitrogens with zero attached hydrogens (tertiary/aromatic N) is 4. The average Bonchev–Trinajstić information content (AvgIpc) is 3.00. The van der Waals surface area contributed by atoms with Gasteiger partial charge in [-0.25, -0.2) is 0 Å². The number of thioether (sulfide) groups is 1. The summed E-state index contributed by atoms with van der Waals surface area (Å²) in [7, 11) is 8.30. The molecule has 44 heavy (non-hydrogen) atoms. The summed E-state index contributed by atoms with van der Waals surface area (Å²) < 4.78 is 39.3. The van der Waals surface area contributed by atoms with Gasteiger partial charge in [0.2, 0.25) is 0 Å². The molecule has 3 aromatic carbocycles. The Labute approximate surface area is 268 Å². The monoisotopic (exact) mass is 638 g/mol. The fraction of sp³-hybridized carbons (Fsp3) is 0.371. The molecule has 0 N–H and O–H groups in total. The quantitative estimate of drug-likeness (QED) is 0.255. The van der Waals surface area contributed by atoms with Crippen LogP contribution >= 0.6 is 23.5 Å². The largest absolute Gasteiger partial charge is 0.416 e. The Morgan fingerprint density at radius 1 is 0.818 bits per heavy atom. The van der Waals surface area contributed by atoms with Crippen LogP contribution in [0, 0.1) is 0 Å². The average molecular weight is 639 g/mol. The van der Waals surface area contributed by atoms with Crippen LogP contribution in [0.4, 0.5) is 30.2 Å². The predicted octanol–water partition coefficient (Wildman–Crippen LogP) is 8.67. The molecule has 0 radical (unpaired) electrons. The maximum atomic E-state index is 13.1. The minimum Gasteiger partial charge on any atom is -0.361 e. The van der Waals surface area contributed by atoms with Crippen molar-refractivity contribution in [3.05, 3.63) is 96.6 Å². The Hall–Kier alpha value is -2.85. The van der Waals surface area contributed by atoms with E-state index in [1.54, 1.807) is 6.07 Å². The highest BCUT2D eigenvalue weighted by Gasteiger charge is 2.34. The highest BCUT2D eigenvalue weighted by atomic mass is 32.2. The summed E-state index contributed by atoms with van der Waals surface area (Å²) >= 11 is 3.51. The Bertz CT molecular complexity index is 1490. The van der Waals surface area contributed by atoms with Crippen LogP contribution in [0.2, 0.25) is 0 Å². The zero-order valence-corrected chi connectivity index (χ0v) is 27.6. The van der Waals surface area contributed by atoms with E-state index in [1.165, 1.54) is 28.4 Å². The first-order valence-electron chi connectivity index (χ1n) is 15.0. The van der Waals surface area contributed by atoms with Crippen molar-refractivity contribution in [1.82, 2.24) is 9.80 Å². The molecule has 0 bridgehead atoms. The zero-order valence-electron chi connectivity index (χ0n) is 26.0. The second kappa shape index (κ2) is 14.1. The van der Waals surface area contributed by atoms with Crippen LogP contribution < -0.4 is 9.80 Å². The lowest BCUT2D eigenvalue weighted by molar-refractivity contribution is -0.137. The number of hydrogen-bond acceptors (Lipinski definition) is 6. The molecule has 3 atom stereocenters. The Morgan fingerprint density at radius 2 is 1.48 bits per heavy atom. The molecule has 2 heterocycles. The molecule has 0 saturated carbocycles. The normalized spacial score (nSPS) is 19.1. The van der Waals surface area contributed by atoms with E-state index in [0.717, 1.165) is 41.1 Å². The number of rotatable bonds is 7. The second-order valence-corrected chi connectivity index (χ2v) is 14.1. The van der Waals surface area contributed by atoms with E-state index in [9.17, 15) is 13.2 Å². The van der Waals surface area contributed by atoms with Crippen molar-refractivity contribution >= 4 is 40.6 Å². The number of halogens is 3. The third-order valence-corrected chi connectivity index (χ3v) is 10.6. The second-order valence-electron chi connectivity index (χ2n) is 11.8. The van der Waals surface area contributed by atoms with Gasteiger partial charge in [-0.2, -0.15) is 13.2 Å². The van der Waals surface area contributed by atoms with Gasteiger partial charge in [-0.05, 0) is 90.5 Å². The van der Waals surface area contributed by atoms with Crippen molar-refractivity contribution in [2.45, 2.75) is 51.5 Å². The lowest BCUT2D eigenvalue weighted by Gasteiger charge is -2.43. The van der Waals surface area contributed by atoms with Crippen LogP contribution in [-0.4, -0.2) is 75.0 Å². The summed E-state index contributed by atoms with van der Waals surface area (Å²) in [5.74, 6) is 0. The van der Waals surface area contributed by atoms with Gasteiger partial charge in [0, 0.05) is 33.8 Å². The van der Waals surface area contributed by atoms with Crippen LogP contribution in [0.25, 0.3) is 0 Å². The number of anilines is 3. The first-order valence-corrected chi connectivity index (χ1v) is 16.7. The minimum absolute atomic E-state index is 0.474. The van der Waals surface area contributed by atoms with Crippen LogP contribution in [0.3, 0.4) is 0 Å². The lowest BCUT2D eigenvalue weighted by Crippen LogP contribution is -2.49. The molecule has 2 aliphatic heterocycles. The first kappa shape index (κ1) is 32.5. The highest BCUT2D eigenvalue weighted by molar-refractivity contribution is 8.00. The van der Waals surface area contributed by atoms with Crippen LogP contribution in [0.1, 0.15) is 18.9 Å².